The Morgan fingerprint density at radius 3 is 2.51 bits per heavy atom. The zero-order valence-corrected chi connectivity index (χ0v) is 21.3. The molecule has 2 aliphatic rings. The van der Waals surface area contributed by atoms with Crippen molar-refractivity contribution in [2.45, 2.75) is 43.6 Å². The van der Waals surface area contributed by atoms with E-state index in [1.165, 1.54) is 24.1 Å². The summed E-state index contributed by atoms with van der Waals surface area (Å²) >= 11 is 0. The molecule has 1 aliphatic heterocycles. The lowest BCUT2D eigenvalue weighted by Gasteiger charge is -2.32. The van der Waals surface area contributed by atoms with E-state index in [1.54, 1.807) is 42.5 Å². The molecule has 1 heterocycles. The van der Waals surface area contributed by atoms with Crippen molar-refractivity contribution in [1.29, 1.82) is 0 Å². The Labute approximate surface area is 225 Å². The third-order valence-electron chi connectivity index (χ3n) is 7.06. The number of hydrogen-bond acceptors (Lipinski definition) is 5. The van der Waals surface area contributed by atoms with E-state index in [0.717, 1.165) is 29.2 Å². The summed E-state index contributed by atoms with van der Waals surface area (Å²) in [6.45, 7) is 0.814. The molecule has 1 fully saturated rings. The van der Waals surface area contributed by atoms with Gasteiger partial charge in [0.2, 0.25) is 5.54 Å². The standard InChI is InChI=1S/C30H31F3N4O2/c31-30(32,33)29(15-16-37(36-29)26-11-4-6-22(18-26)20-34)28(38)35-25-10-5-9-24(19-25)27(23-7-2-1-3-8-23)39-17-14-21-12-13-21/h1-11,15-16,18-19,21,27,36H,12-14,17,20,34H2,(H,35,38). The fourth-order valence-corrected chi connectivity index (χ4v) is 4.63. The Hall–Kier alpha value is -3.66. The molecule has 204 valence electrons. The van der Waals surface area contributed by atoms with Crippen molar-refractivity contribution < 1.29 is 22.7 Å². The second-order valence-electron chi connectivity index (χ2n) is 9.95. The van der Waals surface area contributed by atoms with Gasteiger partial charge in [-0.05, 0) is 59.4 Å². The zero-order valence-electron chi connectivity index (χ0n) is 21.3. The first-order chi connectivity index (χ1) is 18.8. The van der Waals surface area contributed by atoms with E-state index in [4.69, 9.17) is 10.5 Å². The molecular weight excluding hydrogens is 505 g/mol. The van der Waals surface area contributed by atoms with Crippen LogP contribution in [0.4, 0.5) is 24.5 Å². The Morgan fingerprint density at radius 2 is 1.79 bits per heavy atom. The lowest BCUT2D eigenvalue weighted by molar-refractivity contribution is -0.183. The number of alkyl halides is 3. The number of nitrogens with two attached hydrogens (primary N) is 1. The van der Waals surface area contributed by atoms with Gasteiger partial charge in [-0.3, -0.25) is 9.80 Å². The molecule has 0 spiro atoms. The number of ether oxygens (including phenoxy) is 1. The van der Waals surface area contributed by atoms with Crippen LogP contribution in [0.3, 0.4) is 0 Å². The van der Waals surface area contributed by atoms with Crippen molar-refractivity contribution >= 4 is 17.3 Å². The maximum absolute atomic E-state index is 14.4. The van der Waals surface area contributed by atoms with Gasteiger partial charge in [-0.15, -0.1) is 0 Å². The fraction of sp³-hybridized carbons (Fsp3) is 0.300. The Kier molecular flexibility index (Phi) is 7.74. The summed E-state index contributed by atoms with van der Waals surface area (Å²) in [5.74, 6) is -0.540. The van der Waals surface area contributed by atoms with Crippen molar-refractivity contribution in [2.75, 3.05) is 16.9 Å². The second kappa shape index (κ2) is 11.2. The van der Waals surface area contributed by atoms with Gasteiger partial charge in [0.1, 0.15) is 6.10 Å². The van der Waals surface area contributed by atoms with Gasteiger partial charge in [-0.25, -0.2) is 5.43 Å². The molecule has 1 saturated carbocycles. The molecule has 4 N–H and O–H groups in total. The Bertz CT molecular complexity index is 1330. The molecule has 2 atom stereocenters. The van der Waals surface area contributed by atoms with E-state index in [1.807, 2.05) is 36.4 Å². The second-order valence-corrected chi connectivity index (χ2v) is 9.95. The number of hydrazine groups is 1. The number of halogens is 3. The highest BCUT2D eigenvalue weighted by atomic mass is 19.4. The van der Waals surface area contributed by atoms with Crippen LogP contribution in [0.2, 0.25) is 0 Å². The average Bonchev–Trinajstić information content (AvgIpc) is 3.64. The molecule has 0 radical (unpaired) electrons. The number of anilines is 2. The zero-order chi connectivity index (χ0) is 27.5. The van der Waals surface area contributed by atoms with E-state index < -0.39 is 23.7 Å². The third-order valence-corrected chi connectivity index (χ3v) is 7.06. The third kappa shape index (κ3) is 6.00. The molecule has 6 nitrogen and oxygen atoms in total. The highest BCUT2D eigenvalue weighted by Gasteiger charge is 2.61. The Balaban J connectivity index is 1.36. The van der Waals surface area contributed by atoms with Gasteiger partial charge in [0.05, 0.1) is 5.69 Å². The first-order valence-corrected chi connectivity index (χ1v) is 13.0. The number of carbonyl (C=O) groups excluding carboxylic acids is 1. The van der Waals surface area contributed by atoms with Gasteiger partial charge in [0, 0.05) is 25.0 Å². The molecule has 0 saturated heterocycles. The minimum atomic E-state index is -4.91. The lowest BCUT2D eigenvalue weighted by atomic mass is 9.98. The first-order valence-electron chi connectivity index (χ1n) is 13.0. The lowest BCUT2D eigenvalue weighted by Crippen LogP contribution is -2.63. The average molecular weight is 537 g/mol. The number of rotatable bonds is 10. The van der Waals surface area contributed by atoms with Crippen molar-refractivity contribution in [3.05, 3.63) is 108 Å². The largest absolute Gasteiger partial charge is 0.421 e. The monoisotopic (exact) mass is 536 g/mol. The summed E-state index contributed by atoms with van der Waals surface area (Å²) in [5, 5.41) is 3.66. The van der Waals surface area contributed by atoms with Crippen LogP contribution >= 0.6 is 0 Å². The number of hydrogen-bond donors (Lipinski definition) is 3. The number of benzene rings is 3. The van der Waals surface area contributed by atoms with Crippen molar-refractivity contribution in [3.63, 3.8) is 0 Å². The molecule has 2 unspecified atom stereocenters. The molecule has 3 aromatic carbocycles. The van der Waals surface area contributed by atoms with Gasteiger partial charge < -0.3 is 15.8 Å². The van der Waals surface area contributed by atoms with Crippen molar-refractivity contribution in [2.24, 2.45) is 11.7 Å². The van der Waals surface area contributed by atoms with Crippen LogP contribution in [0.25, 0.3) is 0 Å². The highest BCUT2D eigenvalue weighted by Crippen LogP contribution is 2.38. The van der Waals surface area contributed by atoms with Crippen LogP contribution in [0.5, 0.6) is 0 Å². The molecule has 9 heteroatoms. The molecule has 3 aromatic rings. The molecule has 5 rings (SSSR count). The molecule has 39 heavy (non-hydrogen) atoms. The van der Waals surface area contributed by atoms with E-state index >= 15 is 0 Å². The number of amides is 1. The maximum Gasteiger partial charge on any atom is 0.421 e. The molecule has 0 bridgehead atoms. The quantitative estimate of drug-likeness (QED) is 0.304. The van der Waals surface area contributed by atoms with Crippen LogP contribution in [-0.4, -0.2) is 24.2 Å². The van der Waals surface area contributed by atoms with E-state index in [0.29, 0.717) is 18.2 Å². The number of nitrogens with one attached hydrogen (secondary N) is 2. The molecule has 1 aliphatic carbocycles. The fourth-order valence-electron chi connectivity index (χ4n) is 4.63. The van der Waals surface area contributed by atoms with Gasteiger partial charge in [-0.2, -0.15) is 13.2 Å². The SMILES string of the molecule is NCc1cccc(N2C=CC(C(=O)Nc3cccc(C(OCCC4CC4)c4ccccc4)c3)(C(F)(F)F)N2)c1. The summed E-state index contributed by atoms with van der Waals surface area (Å²) in [4.78, 5) is 13.3. The van der Waals surface area contributed by atoms with Gasteiger partial charge in [0.25, 0.3) is 5.91 Å². The summed E-state index contributed by atoms with van der Waals surface area (Å²) < 4.78 is 49.5. The summed E-state index contributed by atoms with van der Waals surface area (Å²) in [6, 6.07) is 23.2. The molecule has 1 amide bonds. The first kappa shape index (κ1) is 26.9. The van der Waals surface area contributed by atoms with E-state index in [-0.39, 0.29) is 12.2 Å². The normalized spacial score (nSPS) is 19.7. The highest BCUT2D eigenvalue weighted by molar-refractivity contribution is 6.01. The predicted molar refractivity (Wildman–Crippen MR) is 145 cm³/mol. The van der Waals surface area contributed by atoms with Gasteiger partial charge >= 0.3 is 6.18 Å². The van der Waals surface area contributed by atoms with Gasteiger partial charge in [-0.1, -0.05) is 67.4 Å². The van der Waals surface area contributed by atoms with Crippen molar-refractivity contribution in [3.8, 4) is 0 Å². The maximum atomic E-state index is 14.4. The predicted octanol–water partition coefficient (Wildman–Crippen LogP) is 5.83. The number of nitrogens with zero attached hydrogens (tertiary/aromatic N) is 1. The summed E-state index contributed by atoms with van der Waals surface area (Å²) in [6.07, 6.45) is 0.127. The molecule has 0 aromatic heterocycles. The van der Waals surface area contributed by atoms with E-state index in [2.05, 4.69) is 10.7 Å². The topological polar surface area (TPSA) is 79.6 Å². The van der Waals surface area contributed by atoms with E-state index in [9.17, 15) is 18.0 Å². The van der Waals surface area contributed by atoms with Crippen LogP contribution in [0.15, 0.2) is 91.1 Å². The molecular formula is C30H31F3N4O2. The van der Waals surface area contributed by atoms with Crippen LogP contribution in [0.1, 0.15) is 42.1 Å². The van der Waals surface area contributed by atoms with Crippen molar-refractivity contribution in [1.82, 2.24) is 5.43 Å². The van der Waals surface area contributed by atoms with Crippen LogP contribution < -0.4 is 21.5 Å². The van der Waals surface area contributed by atoms with Crippen LogP contribution in [0, 0.1) is 5.92 Å². The van der Waals surface area contributed by atoms with Crippen LogP contribution in [-0.2, 0) is 16.1 Å². The minimum Gasteiger partial charge on any atom is -0.369 e. The summed E-state index contributed by atoms with van der Waals surface area (Å²) in [5.41, 5.74) is 8.18. The Morgan fingerprint density at radius 1 is 1.05 bits per heavy atom. The minimum absolute atomic E-state index is 0.237. The number of carbonyl (C=O) groups is 1. The smallest absolute Gasteiger partial charge is 0.369 e. The van der Waals surface area contributed by atoms with Gasteiger partial charge in [0.15, 0.2) is 0 Å². The summed E-state index contributed by atoms with van der Waals surface area (Å²) in [7, 11) is 0.